The summed E-state index contributed by atoms with van der Waals surface area (Å²) < 4.78 is 5.93. The first-order valence-corrected chi connectivity index (χ1v) is 10.3. The number of hydrogen-bond donors (Lipinski definition) is 0. The number of benzene rings is 2. The van der Waals surface area contributed by atoms with Crippen LogP contribution in [0.1, 0.15) is 68.1 Å². The van der Waals surface area contributed by atoms with Crippen molar-refractivity contribution in [1.82, 2.24) is 0 Å². The topological polar surface area (TPSA) is 26.3 Å². The van der Waals surface area contributed by atoms with E-state index in [1.165, 1.54) is 5.56 Å². The van der Waals surface area contributed by atoms with E-state index in [2.05, 4.69) is 72.7 Å². The van der Waals surface area contributed by atoms with E-state index in [0.717, 1.165) is 34.2 Å². The summed E-state index contributed by atoms with van der Waals surface area (Å²) in [6.45, 7) is 14.9. The van der Waals surface area contributed by atoms with Crippen molar-refractivity contribution in [1.29, 1.82) is 0 Å². The van der Waals surface area contributed by atoms with Crippen molar-refractivity contribution in [2.75, 3.05) is 0 Å². The molecule has 4 heteroatoms. The van der Waals surface area contributed by atoms with Crippen molar-refractivity contribution >= 4 is 38.3 Å². The fourth-order valence-corrected chi connectivity index (χ4v) is 3.89. The number of rotatable bonds is 6. The summed E-state index contributed by atoms with van der Waals surface area (Å²) in [4.78, 5) is 12.8. The van der Waals surface area contributed by atoms with Gasteiger partial charge in [0.05, 0.1) is 6.10 Å². The molecule has 2 unspecified atom stereocenters. The van der Waals surface area contributed by atoms with Gasteiger partial charge < -0.3 is 4.74 Å². The average Bonchev–Trinajstić information content (AvgIpc) is 2.57. The first-order chi connectivity index (χ1) is 12.1. The van der Waals surface area contributed by atoms with Crippen LogP contribution in [0.5, 0.6) is 5.75 Å². The first-order valence-electron chi connectivity index (χ1n) is 9.31. The summed E-state index contributed by atoms with van der Waals surface area (Å²) in [6, 6.07) is 12.2. The molecule has 27 heavy (non-hydrogen) atoms. The van der Waals surface area contributed by atoms with Gasteiger partial charge in [-0.05, 0) is 75.3 Å². The van der Waals surface area contributed by atoms with Gasteiger partial charge in [-0.15, -0.1) is 0 Å². The first kappa shape index (κ1) is 24.0. The third-order valence-electron chi connectivity index (χ3n) is 4.67. The van der Waals surface area contributed by atoms with Crippen LogP contribution in [-0.4, -0.2) is 30.5 Å². The molecule has 0 aliphatic carbocycles. The summed E-state index contributed by atoms with van der Waals surface area (Å²) in [6.07, 6.45) is 1.18. The minimum absolute atomic E-state index is 0. The summed E-state index contributed by atoms with van der Waals surface area (Å²) in [7, 11) is 0.135. The van der Waals surface area contributed by atoms with Gasteiger partial charge in [0.1, 0.15) is 5.75 Å². The van der Waals surface area contributed by atoms with E-state index in [1.807, 2.05) is 12.1 Å². The maximum absolute atomic E-state index is 12.8. The molecule has 0 spiro atoms. The Bertz CT molecular complexity index is 753. The second kappa shape index (κ2) is 9.93. The van der Waals surface area contributed by atoms with E-state index >= 15 is 0 Å². The molecular formula is C23H32LiO2P. The predicted octanol–water partition coefficient (Wildman–Crippen LogP) is 5.27. The third-order valence-corrected chi connectivity index (χ3v) is 6.22. The van der Waals surface area contributed by atoms with E-state index in [-0.39, 0.29) is 44.5 Å². The second-order valence-corrected chi connectivity index (χ2v) is 9.25. The van der Waals surface area contributed by atoms with Gasteiger partial charge in [-0.3, -0.25) is 4.79 Å². The van der Waals surface area contributed by atoms with Crippen molar-refractivity contribution < 1.29 is 9.53 Å². The Morgan fingerprint density at radius 3 is 2.04 bits per heavy atom. The van der Waals surface area contributed by atoms with Crippen molar-refractivity contribution in [3.8, 4) is 5.75 Å². The monoisotopic (exact) mass is 378 g/mol. The molecule has 0 radical (unpaired) electrons. The Kier molecular flexibility index (Phi) is 8.82. The van der Waals surface area contributed by atoms with Crippen LogP contribution in [0.3, 0.4) is 0 Å². The van der Waals surface area contributed by atoms with Gasteiger partial charge in [-0.25, -0.2) is 0 Å². The molecule has 2 atom stereocenters. The van der Waals surface area contributed by atoms with Gasteiger partial charge in [0, 0.05) is 5.56 Å². The molecule has 2 aromatic rings. The van der Waals surface area contributed by atoms with Crippen molar-refractivity contribution in [2.24, 2.45) is 0 Å². The average molecular weight is 378 g/mol. The van der Waals surface area contributed by atoms with Crippen LogP contribution in [0.4, 0.5) is 0 Å². The van der Waals surface area contributed by atoms with Crippen molar-refractivity contribution in [3.63, 3.8) is 0 Å². The van der Waals surface area contributed by atoms with E-state index in [9.17, 15) is 4.79 Å². The van der Waals surface area contributed by atoms with E-state index < -0.39 is 0 Å². The van der Waals surface area contributed by atoms with Crippen LogP contribution in [0.2, 0.25) is 0 Å². The van der Waals surface area contributed by atoms with Crippen LogP contribution in [0.15, 0.2) is 36.4 Å². The van der Waals surface area contributed by atoms with E-state index in [1.54, 1.807) is 0 Å². The Morgan fingerprint density at radius 1 is 1.07 bits per heavy atom. The van der Waals surface area contributed by atoms with Crippen LogP contribution in [0.25, 0.3) is 0 Å². The molecule has 0 fully saturated rings. The van der Waals surface area contributed by atoms with Gasteiger partial charge in [0.2, 0.25) is 0 Å². The summed E-state index contributed by atoms with van der Waals surface area (Å²) in [5.74, 6) is 0.893. The Labute approximate surface area is 178 Å². The van der Waals surface area contributed by atoms with Gasteiger partial charge >= 0.3 is 18.9 Å². The van der Waals surface area contributed by atoms with Crippen LogP contribution in [0, 0.1) is 13.8 Å². The molecule has 0 heterocycles. The fraction of sp³-hybridized carbons (Fsp3) is 0.435. The van der Waals surface area contributed by atoms with Crippen molar-refractivity contribution in [2.45, 2.75) is 66.4 Å². The number of hydrogen-bond acceptors (Lipinski definition) is 2. The van der Waals surface area contributed by atoms with Gasteiger partial charge in [0.25, 0.3) is 0 Å². The molecule has 0 N–H and O–H groups in total. The minimum atomic E-state index is 0. The number of aryl methyl sites for hydroxylation is 2. The predicted molar refractivity (Wildman–Crippen MR) is 121 cm³/mol. The molecule has 2 aromatic carbocycles. The second-order valence-electron chi connectivity index (χ2n) is 8.05. The maximum atomic E-state index is 12.8. The molecule has 0 aliphatic rings. The van der Waals surface area contributed by atoms with Crippen LogP contribution in [-0.2, 0) is 5.41 Å². The molecule has 2 rings (SSSR count). The zero-order valence-corrected chi connectivity index (χ0v) is 18.1. The van der Waals surface area contributed by atoms with Crippen LogP contribution >= 0.6 is 8.58 Å². The molecule has 2 nitrogen and oxygen atoms in total. The van der Waals surface area contributed by atoms with E-state index in [0.29, 0.717) is 0 Å². The molecule has 0 amide bonds. The Morgan fingerprint density at radius 2 is 1.59 bits per heavy atom. The standard InChI is InChI=1S/C23H31O2P.Li.H/c1-8-17(4)25-20-13-15(2)21(16(3)14-20)26-22(24)18-9-11-19(12-10-18)23(5,6)7;;/h9-14,17,26H,8H2,1-7H3;;. The fourth-order valence-electron chi connectivity index (χ4n) is 2.81. The molecule has 0 saturated heterocycles. The van der Waals surface area contributed by atoms with Gasteiger partial charge in [-0.1, -0.05) is 52.0 Å². The number of carbonyl (C=O) groups is 1. The third kappa shape index (κ3) is 6.50. The summed E-state index contributed by atoms with van der Waals surface area (Å²) >= 11 is 0. The molecular weight excluding hydrogens is 346 g/mol. The molecule has 0 aromatic heterocycles. The van der Waals surface area contributed by atoms with E-state index in [4.69, 9.17) is 4.74 Å². The quantitative estimate of drug-likeness (QED) is 0.505. The molecule has 0 aliphatic heterocycles. The van der Waals surface area contributed by atoms with Gasteiger partial charge in [-0.2, -0.15) is 0 Å². The normalized spacial score (nSPS) is 12.7. The van der Waals surface area contributed by atoms with Crippen LogP contribution < -0.4 is 10.0 Å². The molecule has 0 bridgehead atoms. The zero-order valence-electron chi connectivity index (χ0n) is 17.1. The SMILES string of the molecule is CCC(C)Oc1cc(C)c(PC(=O)c2ccc(C(C)(C)C)cc2)c(C)c1.[LiH]. The zero-order chi connectivity index (χ0) is 19.5. The molecule has 142 valence electrons. The Balaban J connectivity index is 0.00000364. The number of carbonyl (C=O) groups excluding carboxylic acids is 1. The molecule has 0 saturated carbocycles. The summed E-state index contributed by atoms with van der Waals surface area (Å²) in [5.41, 5.74) is 4.57. The number of ether oxygens (including phenoxy) is 1. The van der Waals surface area contributed by atoms with Gasteiger partial charge in [0.15, 0.2) is 5.52 Å². The Hall–Kier alpha value is -1.06. The van der Waals surface area contributed by atoms with Crippen molar-refractivity contribution in [3.05, 3.63) is 58.7 Å². The summed E-state index contributed by atoms with van der Waals surface area (Å²) in [5, 5.41) is 1.13.